The SMILES string of the molecule is CC(C)(C)OCC(=O)N1CCOCC1CN. The number of morpholine rings is 1. The molecular weight excluding hydrogens is 208 g/mol. The van der Waals surface area contributed by atoms with Gasteiger partial charge in [-0.15, -0.1) is 0 Å². The molecule has 1 unspecified atom stereocenters. The van der Waals surface area contributed by atoms with E-state index in [0.717, 1.165) is 0 Å². The molecule has 94 valence electrons. The minimum absolute atomic E-state index is 0.00586. The average molecular weight is 230 g/mol. The van der Waals surface area contributed by atoms with Gasteiger partial charge < -0.3 is 20.1 Å². The standard InChI is InChI=1S/C11H22N2O3/c1-11(2,3)16-8-10(14)13-4-5-15-7-9(13)6-12/h9H,4-8,12H2,1-3H3. The highest BCUT2D eigenvalue weighted by atomic mass is 16.5. The second-order valence-corrected chi connectivity index (χ2v) is 4.95. The Morgan fingerprint density at radius 2 is 2.25 bits per heavy atom. The van der Waals surface area contributed by atoms with Crippen LogP contribution in [0.15, 0.2) is 0 Å². The van der Waals surface area contributed by atoms with Gasteiger partial charge in [-0.05, 0) is 20.8 Å². The molecule has 2 N–H and O–H groups in total. The summed E-state index contributed by atoms with van der Waals surface area (Å²) in [7, 11) is 0. The fourth-order valence-electron chi connectivity index (χ4n) is 1.54. The monoisotopic (exact) mass is 230 g/mol. The Kier molecular flexibility index (Phi) is 4.70. The van der Waals surface area contributed by atoms with Gasteiger partial charge in [-0.2, -0.15) is 0 Å². The van der Waals surface area contributed by atoms with E-state index in [4.69, 9.17) is 15.2 Å². The van der Waals surface area contributed by atoms with E-state index >= 15 is 0 Å². The number of rotatable bonds is 3. The number of nitrogens with zero attached hydrogens (tertiary/aromatic N) is 1. The fraction of sp³-hybridized carbons (Fsp3) is 0.909. The summed E-state index contributed by atoms with van der Waals surface area (Å²) < 4.78 is 10.7. The molecule has 1 aliphatic rings. The van der Waals surface area contributed by atoms with Crippen molar-refractivity contribution in [1.29, 1.82) is 0 Å². The van der Waals surface area contributed by atoms with Gasteiger partial charge in [0, 0.05) is 13.1 Å². The van der Waals surface area contributed by atoms with E-state index < -0.39 is 0 Å². The molecule has 0 aromatic rings. The number of hydrogen-bond donors (Lipinski definition) is 1. The minimum Gasteiger partial charge on any atom is -0.377 e. The zero-order valence-corrected chi connectivity index (χ0v) is 10.4. The van der Waals surface area contributed by atoms with Crippen LogP contribution in [-0.2, 0) is 14.3 Å². The Morgan fingerprint density at radius 3 is 2.81 bits per heavy atom. The van der Waals surface area contributed by atoms with Crippen LogP contribution in [-0.4, -0.2) is 55.4 Å². The first-order valence-electron chi connectivity index (χ1n) is 5.65. The largest absolute Gasteiger partial charge is 0.377 e. The van der Waals surface area contributed by atoms with Crippen molar-refractivity contribution in [1.82, 2.24) is 4.90 Å². The summed E-state index contributed by atoms with van der Waals surface area (Å²) in [5.41, 5.74) is 5.31. The molecule has 16 heavy (non-hydrogen) atoms. The molecule has 1 rings (SSSR count). The number of hydrogen-bond acceptors (Lipinski definition) is 4. The van der Waals surface area contributed by atoms with Crippen LogP contribution in [0.3, 0.4) is 0 Å². The summed E-state index contributed by atoms with van der Waals surface area (Å²) >= 11 is 0. The van der Waals surface area contributed by atoms with Gasteiger partial charge in [0.25, 0.3) is 0 Å². The lowest BCUT2D eigenvalue weighted by Gasteiger charge is -2.35. The van der Waals surface area contributed by atoms with Gasteiger partial charge in [-0.3, -0.25) is 4.79 Å². The predicted molar refractivity (Wildman–Crippen MR) is 61.1 cm³/mol. The van der Waals surface area contributed by atoms with Gasteiger partial charge in [-0.25, -0.2) is 0 Å². The molecule has 1 atom stereocenters. The summed E-state index contributed by atoms with van der Waals surface area (Å²) in [5, 5.41) is 0. The molecule has 0 aliphatic carbocycles. The van der Waals surface area contributed by atoms with Crippen molar-refractivity contribution in [2.75, 3.05) is 32.9 Å². The zero-order chi connectivity index (χ0) is 12.2. The highest BCUT2D eigenvalue weighted by molar-refractivity contribution is 5.78. The normalized spacial score (nSPS) is 22.2. The van der Waals surface area contributed by atoms with E-state index in [0.29, 0.717) is 26.3 Å². The highest BCUT2D eigenvalue weighted by Crippen LogP contribution is 2.10. The Bertz CT molecular complexity index is 238. The van der Waals surface area contributed by atoms with Crippen molar-refractivity contribution < 1.29 is 14.3 Å². The lowest BCUT2D eigenvalue weighted by atomic mass is 10.2. The van der Waals surface area contributed by atoms with E-state index in [2.05, 4.69) is 0 Å². The van der Waals surface area contributed by atoms with Gasteiger partial charge in [0.2, 0.25) is 5.91 Å². The van der Waals surface area contributed by atoms with Crippen LogP contribution in [0, 0.1) is 0 Å². The van der Waals surface area contributed by atoms with E-state index in [-0.39, 0.29) is 24.2 Å². The molecular formula is C11H22N2O3. The molecule has 1 fully saturated rings. The predicted octanol–water partition coefficient (Wildman–Crippen LogP) is -0.0124. The van der Waals surface area contributed by atoms with Crippen molar-refractivity contribution in [3.63, 3.8) is 0 Å². The zero-order valence-electron chi connectivity index (χ0n) is 10.4. The first-order chi connectivity index (χ1) is 7.44. The smallest absolute Gasteiger partial charge is 0.249 e. The molecule has 5 nitrogen and oxygen atoms in total. The maximum Gasteiger partial charge on any atom is 0.249 e. The highest BCUT2D eigenvalue weighted by Gasteiger charge is 2.27. The van der Waals surface area contributed by atoms with Gasteiger partial charge >= 0.3 is 0 Å². The molecule has 5 heteroatoms. The Hall–Kier alpha value is -0.650. The summed E-state index contributed by atoms with van der Waals surface area (Å²) in [4.78, 5) is 13.7. The summed E-state index contributed by atoms with van der Waals surface area (Å²) in [5.74, 6) is -0.00586. The van der Waals surface area contributed by atoms with Crippen LogP contribution in [0.2, 0.25) is 0 Å². The van der Waals surface area contributed by atoms with Crippen LogP contribution >= 0.6 is 0 Å². The molecule has 0 aromatic carbocycles. The third kappa shape index (κ3) is 4.08. The number of carbonyl (C=O) groups is 1. The minimum atomic E-state index is -0.292. The Balaban J connectivity index is 2.45. The first kappa shape index (κ1) is 13.4. The maximum atomic E-state index is 11.9. The number of amides is 1. The quantitative estimate of drug-likeness (QED) is 0.740. The molecule has 1 aliphatic heterocycles. The van der Waals surface area contributed by atoms with E-state index in [1.165, 1.54) is 0 Å². The molecule has 1 saturated heterocycles. The lowest BCUT2D eigenvalue weighted by molar-refractivity contribution is -0.149. The van der Waals surface area contributed by atoms with Crippen LogP contribution in [0.25, 0.3) is 0 Å². The molecule has 0 bridgehead atoms. The maximum absolute atomic E-state index is 11.9. The molecule has 0 aromatic heterocycles. The summed E-state index contributed by atoms with van der Waals surface area (Å²) in [6.07, 6.45) is 0. The van der Waals surface area contributed by atoms with Crippen LogP contribution in [0.5, 0.6) is 0 Å². The number of carbonyl (C=O) groups excluding carboxylic acids is 1. The van der Waals surface area contributed by atoms with Gasteiger partial charge in [-0.1, -0.05) is 0 Å². The summed E-state index contributed by atoms with van der Waals surface area (Å²) in [6, 6.07) is -0.00943. The Labute approximate surface area is 96.9 Å². The van der Waals surface area contributed by atoms with Crippen molar-refractivity contribution in [2.24, 2.45) is 5.73 Å². The first-order valence-corrected chi connectivity index (χ1v) is 5.65. The van der Waals surface area contributed by atoms with Gasteiger partial charge in [0.1, 0.15) is 6.61 Å². The van der Waals surface area contributed by atoms with Crippen LogP contribution < -0.4 is 5.73 Å². The fourth-order valence-corrected chi connectivity index (χ4v) is 1.54. The molecule has 0 spiro atoms. The third-order valence-corrected chi connectivity index (χ3v) is 2.45. The van der Waals surface area contributed by atoms with Crippen molar-refractivity contribution >= 4 is 5.91 Å². The van der Waals surface area contributed by atoms with Crippen molar-refractivity contribution in [3.8, 4) is 0 Å². The number of nitrogens with two attached hydrogens (primary N) is 1. The summed E-state index contributed by atoms with van der Waals surface area (Å²) in [6.45, 7) is 8.05. The molecule has 1 amide bonds. The molecule has 0 saturated carbocycles. The lowest BCUT2D eigenvalue weighted by Crippen LogP contribution is -2.53. The van der Waals surface area contributed by atoms with Gasteiger partial charge in [0.15, 0.2) is 0 Å². The van der Waals surface area contributed by atoms with Crippen LogP contribution in [0.4, 0.5) is 0 Å². The molecule has 1 heterocycles. The van der Waals surface area contributed by atoms with Gasteiger partial charge in [0.05, 0.1) is 24.9 Å². The van der Waals surface area contributed by atoms with Crippen LogP contribution in [0.1, 0.15) is 20.8 Å². The van der Waals surface area contributed by atoms with E-state index in [9.17, 15) is 4.79 Å². The number of ether oxygens (including phenoxy) is 2. The third-order valence-electron chi connectivity index (χ3n) is 2.45. The Morgan fingerprint density at radius 1 is 1.56 bits per heavy atom. The molecule has 0 radical (unpaired) electrons. The van der Waals surface area contributed by atoms with Crippen molar-refractivity contribution in [3.05, 3.63) is 0 Å². The van der Waals surface area contributed by atoms with E-state index in [1.54, 1.807) is 4.90 Å². The average Bonchev–Trinajstić information content (AvgIpc) is 2.25. The van der Waals surface area contributed by atoms with E-state index in [1.807, 2.05) is 20.8 Å². The second-order valence-electron chi connectivity index (χ2n) is 4.95. The van der Waals surface area contributed by atoms with Crippen molar-refractivity contribution in [2.45, 2.75) is 32.4 Å². The topological polar surface area (TPSA) is 64.8 Å². The second kappa shape index (κ2) is 5.61.